The fourth-order valence-electron chi connectivity index (χ4n) is 0.819. The van der Waals surface area contributed by atoms with E-state index < -0.39 is 17.8 Å². The summed E-state index contributed by atoms with van der Waals surface area (Å²) in [5.41, 5.74) is -0.0716. The lowest BCUT2D eigenvalue weighted by Gasteiger charge is -2.12. The smallest absolute Gasteiger partial charge is 0.273 e. The zero-order valence-corrected chi connectivity index (χ0v) is 6.96. The first-order valence-electron chi connectivity index (χ1n) is 3.65. The van der Waals surface area contributed by atoms with Crippen molar-refractivity contribution >= 4 is 17.8 Å². The molecule has 1 heterocycles. The highest BCUT2D eigenvalue weighted by molar-refractivity contribution is 6.28. The molecule has 5 nitrogen and oxygen atoms in total. The van der Waals surface area contributed by atoms with Gasteiger partial charge in [0.1, 0.15) is 5.57 Å². The minimum Gasteiger partial charge on any atom is -0.273 e. The maximum absolute atomic E-state index is 11.0. The standard InChI is InChI=1S/C8H8N2O3/c1-2-3-4-5-6(11)9-8(13)10-7(5)12/h2-4H,1H3,(H2,9,10,11,12,13). The zero-order valence-electron chi connectivity index (χ0n) is 6.96. The summed E-state index contributed by atoms with van der Waals surface area (Å²) in [6, 6.07) is -0.785. The molecule has 1 saturated heterocycles. The first-order valence-corrected chi connectivity index (χ1v) is 3.65. The molecule has 1 fully saturated rings. The maximum atomic E-state index is 11.0. The quantitative estimate of drug-likeness (QED) is 0.435. The lowest BCUT2D eigenvalue weighted by Crippen LogP contribution is -2.51. The van der Waals surface area contributed by atoms with Crippen molar-refractivity contribution in [2.24, 2.45) is 0 Å². The number of allylic oxidation sites excluding steroid dienone is 3. The van der Waals surface area contributed by atoms with Gasteiger partial charge in [0, 0.05) is 0 Å². The second-order valence-corrected chi connectivity index (χ2v) is 2.34. The van der Waals surface area contributed by atoms with Crippen molar-refractivity contribution in [3.8, 4) is 0 Å². The number of nitrogens with one attached hydrogen (secondary N) is 2. The van der Waals surface area contributed by atoms with Crippen molar-refractivity contribution in [1.29, 1.82) is 0 Å². The van der Waals surface area contributed by atoms with E-state index in [1.54, 1.807) is 19.1 Å². The van der Waals surface area contributed by atoms with Crippen LogP contribution in [-0.2, 0) is 9.59 Å². The van der Waals surface area contributed by atoms with E-state index in [1.165, 1.54) is 6.08 Å². The van der Waals surface area contributed by atoms with Crippen molar-refractivity contribution in [1.82, 2.24) is 10.6 Å². The maximum Gasteiger partial charge on any atom is 0.328 e. The molecule has 0 aromatic heterocycles. The second-order valence-electron chi connectivity index (χ2n) is 2.34. The van der Waals surface area contributed by atoms with Crippen LogP contribution >= 0.6 is 0 Å². The van der Waals surface area contributed by atoms with E-state index in [4.69, 9.17) is 0 Å². The van der Waals surface area contributed by atoms with Crippen molar-refractivity contribution < 1.29 is 14.4 Å². The topological polar surface area (TPSA) is 75.3 Å². The van der Waals surface area contributed by atoms with Crippen LogP contribution in [0.1, 0.15) is 6.92 Å². The summed E-state index contributed by atoms with van der Waals surface area (Å²) in [5, 5.41) is 3.91. The monoisotopic (exact) mass is 180 g/mol. The van der Waals surface area contributed by atoms with Gasteiger partial charge in [-0.1, -0.05) is 12.2 Å². The van der Waals surface area contributed by atoms with E-state index in [9.17, 15) is 14.4 Å². The number of hydrogen-bond acceptors (Lipinski definition) is 3. The summed E-state index contributed by atoms with van der Waals surface area (Å²) < 4.78 is 0. The molecule has 0 unspecified atom stereocenters. The van der Waals surface area contributed by atoms with Gasteiger partial charge in [-0.2, -0.15) is 0 Å². The molecule has 13 heavy (non-hydrogen) atoms. The number of imide groups is 2. The molecular formula is C8H8N2O3. The highest BCUT2D eigenvalue weighted by Crippen LogP contribution is 2.00. The molecule has 5 heteroatoms. The number of carbonyl (C=O) groups is 3. The minimum atomic E-state index is -0.785. The van der Waals surface area contributed by atoms with Gasteiger partial charge in [0.2, 0.25) is 0 Å². The average molecular weight is 180 g/mol. The number of rotatable bonds is 1. The first-order chi connectivity index (χ1) is 6.15. The third-order valence-electron chi connectivity index (χ3n) is 1.40. The lowest BCUT2D eigenvalue weighted by molar-refractivity contribution is -0.124. The SMILES string of the molecule is CC=CC=C1C(=O)NC(=O)NC1=O. The molecule has 0 radical (unpaired) electrons. The minimum absolute atomic E-state index is 0.0716. The normalized spacial score (nSPS) is 17.3. The Bertz CT molecular complexity index is 306. The van der Waals surface area contributed by atoms with Gasteiger partial charge in [0.25, 0.3) is 11.8 Å². The molecule has 1 aliphatic rings. The van der Waals surface area contributed by atoms with Gasteiger partial charge >= 0.3 is 6.03 Å². The molecule has 0 spiro atoms. The Labute approximate surface area is 74.5 Å². The third kappa shape index (κ3) is 2.02. The van der Waals surface area contributed by atoms with E-state index >= 15 is 0 Å². The fourth-order valence-corrected chi connectivity index (χ4v) is 0.819. The van der Waals surface area contributed by atoms with Crippen LogP contribution in [0.2, 0.25) is 0 Å². The van der Waals surface area contributed by atoms with Gasteiger partial charge in [0.05, 0.1) is 0 Å². The highest BCUT2D eigenvalue weighted by Gasteiger charge is 2.26. The Balaban J connectivity index is 2.91. The van der Waals surface area contributed by atoms with Crippen molar-refractivity contribution in [2.45, 2.75) is 6.92 Å². The second kappa shape index (κ2) is 3.66. The summed E-state index contributed by atoms with van der Waals surface area (Å²) in [6.07, 6.45) is 4.56. The number of urea groups is 1. The average Bonchev–Trinajstić information content (AvgIpc) is 2.02. The molecule has 0 bridgehead atoms. The lowest BCUT2D eigenvalue weighted by atomic mass is 10.2. The van der Waals surface area contributed by atoms with Crippen molar-refractivity contribution in [3.05, 3.63) is 23.8 Å². The van der Waals surface area contributed by atoms with Crippen molar-refractivity contribution in [2.75, 3.05) is 0 Å². The Hall–Kier alpha value is -1.91. The molecule has 2 N–H and O–H groups in total. The Morgan fingerprint density at radius 1 is 1.08 bits per heavy atom. The number of carbonyl (C=O) groups excluding carboxylic acids is 3. The third-order valence-corrected chi connectivity index (χ3v) is 1.40. The van der Waals surface area contributed by atoms with Crippen LogP contribution in [0.5, 0.6) is 0 Å². The van der Waals surface area contributed by atoms with E-state index in [0.29, 0.717) is 0 Å². The molecule has 4 amide bonds. The largest absolute Gasteiger partial charge is 0.328 e. The molecule has 0 aliphatic carbocycles. The van der Waals surface area contributed by atoms with Crippen LogP contribution in [0, 0.1) is 0 Å². The van der Waals surface area contributed by atoms with Gasteiger partial charge in [-0.25, -0.2) is 4.79 Å². The van der Waals surface area contributed by atoms with Gasteiger partial charge in [-0.15, -0.1) is 0 Å². The summed E-state index contributed by atoms with van der Waals surface area (Å²) in [4.78, 5) is 32.6. The van der Waals surface area contributed by atoms with Crippen LogP contribution in [0.15, 0.2) is 23.8 Å². The molecule has 0 aromatic carbocycles. The number of hydrogen-bond donors (Lipinski definition) is 2. The molecule has 0 saturated carbocycles. The Kier molecular flexibility index (Phi) is 2.59. The number of amides is 4. The van der Waals surface area contributed by atoms with Gasteiger partial charge in [-0.05, 0) is 13.0 Å². The summed E-state index contributed by atoms with van der Waals surface area (Å²) >= 11 is 0. The van der Waals surface area contributed by atoms with Crippen molar-refractivity contribution in [3.63, 3.8) is 0 Å². The zero-order chi connectivity index (χ0) is 9.84. The van der Waals surface area contributed by atoms with E-state index in [-0.39, 0.29) is 5.57 Å². The van der Waals surface area contributed by atoms with Gasteiger partial charge in [-0.3, -0.25) is 20.2 Å². The van der Waals surface area contributed by atoms with E-state index in [2.05, 4.69) is 0 Å². The summed E-state index contributed by atoms with van der Waals surface area (Å²) in [7, 11) is 0. The Morgan fingerprint density at radius 3 is 2.08 bits per heavy atom. The van der Waals surface area contributed by atoms with Crippen LogP contribution in [0.25, 0.3) is 0 Å². The van der Waals surface area contributed by atoms with Crippen LogP contribution in [0.4, 0.5) is 4.79 Å². The predicted molar refractivity (Wildman–Crippen MR) is 44.6 cm³/mol. The Morgan fingerprint density at radius 2 is 1.62 bits per heavy atom. The molecule has 68 valence electrons. The highest BCUT2D eigenvalue weighted by atomic mass is 16.2. The molecule has 1 aliphatic heterocycles. The summed E-state index contributed by atoms with van der Waals surface area (Å²) in [6.45, 7) is 1.75. The van der Waals surface area contributed by atoms with Crippen LogP contribution in [0.3, 0.4) is 0 Å². The first kappa shape index (κ1) is 9.18. The summed E-state index contributed by atoms with van der Waals surface area (Å²) in [5.74, 6) is -1.35. The van der Waals surface area contributed by atoms with Gasteiger partial charge < -0.3 is 0 Å². The van der Waals surface area contributed by atoms with E-state index in [0.717, 1.165) is 0 Å². The number of barbiturate groups is 1. The molecule has 1 rings (SSSR count). The predicted octanol–water partition coefficient (Wildman–Crippen LogP) is -0.145. The fraction of sp³-hybridized carbons (Fsp3) is 0.125. The van der Waals surface area contributed by atoms with Crippen LogP contribution in [-0.4, -0.2) is 17.8 Å². The molecule has 0 atom stereocenters. The molecular weight excluding hydrogens is 172 g/mol. The molecule has 0 aromatic rings. The van der Waals surface area contributed by atoms with Crippen LogP contribution < -0.4 is 10.6 Å². The van der Waals surface area contributed by atoms with E-state index in [1.807, 2.05) is 10.6 Å². The van der Waals surface area contributed by atoms with Gasteiger partial charge in [0.15, 0.2) is 0 Å².